The second kappa shape index (κ2) is 17.1. The van der Waals surface area contributed by atoms with Gasteiger partial charge in [0.1, 0.15) is 0 Å². The molecule has 2 heteroatoms. The molecule has 0 spiro atoms. The third kappa shape index (κ3) is 20.2. The zero-order valence-electron chi connectivity index (χ0n) is 17.0. The summed E-state index contributed by atoms with van der Waals surface area (Å²) in [6, 6.07) is 0. The molecular weight excluding hydrogens is 302 g/mol. The molecule has 0 radical (unpaired) electrons. The topological polar surface area (TPSA) is 0 Å². The second-order valence-corrected chi connectivity index (χ2v) is 8.45. The molecule has 1 nitrogen and oxygen atoms in total. The van der Waals surface area contributed by atoms with Gasteiger partial charge in [-0.2, -0.15) is 0 Å². The van der Waals surface area contributed by atoms with Crippen LogP contribution in [0.2, 0.25) is 0 Å². The van der Waals surface area contributed by atoms with Crippen molar-refractivity contribution in [3.63, 3.8) is 0 Å². The predicted octanol–water partition coefficient (Wildman–Crippen LogP) is 3.81. The van der Waals surface area contributed by atoms with E-state index in [0.717, 1.165) is 5.92 Å². The molecule has 142 valence electrons. The summed E-state index contributed by atoms with van der Waals surface area (Å²) in [6.45, 7) is 9.72. The Morgan fingerprint density at radius 1 is 0.609 bits per heavy atom. The number of quaternary nitrogens is 1. The van der Waals surface area contributed by atoms with Crippen LogP contribution >= 0.6 is 0 Å². The fraction of sp³-hybridized carbons (Fsp3) is 1.00. The summed E-state index contributed by atoms with van der Waals surface area (Å²) in [5.41, 5.74) is 0. The number of nitrogens with zero attached hydrogens (tertiary/aromatic N) is 1. The summed E-state index contributed by atoms with van der Waals surface area (Å²) < 4.78 is 1.24. The van der Waals surface area contributed by atoms with Crippen LogP contribution in [0.1, 0.15) is 104 Å². The summed E-state index contributed by atoms with van der Waals surface area (Å²) in [5, 5.41) is 0. The Bertz CT molecular complexity index is 226. The van der Waals surface area contributed by atoms with E-state index in [4.69, 9.17) is 0 Å². The Labute approximate surface area is 154 Å². The fourth-order valence-electron chi connectivity index (χ4n) is 3.23. The third-order valence-corrected chi connectivity index (χ3v) is 4.91. The molecule has 0 saturated carbocycles. The first-order valence-corrected chi connectivity index (χ1v) is 10.3. The molecule has 23 heavy (non-hydrogen) atoms. The highest BCUT2D eigenvalue weighted by atomic mass is 35.5. The summed E-state index contributed by atoms with van der Waals surface area (Å²) in [6.07, 6.45) is 18.6. The summed E-state index contributed by atoms with van der Waals surface area (Å²) >= 11 is 0. The molecule has 0 saturated heterocycles. The zero-order chi connectivity index (χ0) is 16.7. The maximum Gasteiger partial charge on any atom is 0.0782 e. The van der Waals surface area contributed by atoms with Crippen molar-refractivity contribution in [1.82, 2.24) is 0 Å². The first-order valence-electron chi connectivity index (χ1n) is 10.3. The minimum Gasteiger partial charge on any atom is -1.00 e. The first-order chi connectivity index (χ1) is 10.5. The average Bonchev–Trinajstić information content (AvgIpc) is 2.45. The lowest BCUT2D eigenvalue weighted by Gasteiger charge is -2.30. The molecule has 0 unspecified atom stereocenters. The molecule has 0 heterocycles. The van der Waals surface area contributed by atoms with Crippen molar-refractivity contribution in [2.24, 2.45) is 5.92 Å². The van der Waals surface area contributed by atoms with Gasteiger partial charge in [0.25, 0.3) is 0 Å². The maximum atomic E-state index is 2.43. The van der Waals surface area contributed by atoms with Gasteiger partial charge >= 0.3 is 0 Å². The highest BCUT2D eigenvalue weighted by molar-refractivity contribution is 4.49. The van der Waals surface area contributed by atoms with Crippen LogP contribution in [0.4, 0.5) is 0 Å². The standard InChI is InChI=1S/C21H46N.ClH/c1-6-7-8-9-10-13-16-19-22(4,5)20-17-14-11-12-15-18-21(2)3;/h21H,6-20H2,1-5H3;1H/q+1;/p-1. The van der Waals surface area contributed by atoms with Gasteiger partial charge in [0.15, 0.2) is 0 Å². The Morgan fingerprint density at radius 3 is 1.43 bits per heavy atom. The third-order valence-electron chi connectivity index (χ3n) is 4.91. The van der Waals surface area contributed by atoms with Crippen LogP contribution in [0.25, 0.3) is 0 Å². The van der Waals surface area contributed by atoms with Crippen molar-refractivity contribution in [2.45, 2.75) is 104 Å². The highest BCUT2D eigenvalue weighted by Gasteiger charge is 2.13. The summed E-state index contributed by atoms with van der Waals surface area (Å²) in [4.78, 5) is 0. The zero-order valence-corrected chi connectivity index (χ0v) is 17.8. The van der Waals surface area contributed by atoms with E-state index >= 15 is 0 Å². The Balaban J connectivity index is 0. The second-order valence-electron chi connectivity index (χ2n) is 8.45. The van der Waals surface area contributed by atoms with E-state index in [-0.39, 0.29) is 12.4 Å². The van der Waals surface area contributed by atoms with Gasteiger partial charge in [0, 0.05) is 0 Å². The van der Waals surface area contributed by atoms with Crippen LogP contribution in [0.15, 0.2) is 0 Å². The molecule has 0 aliphatic heterocycles. The molecule has 0 aromatic carbocycles. The predicted molar refractivity (Wildman–Crippen MR) is 102 cm³/mol. The fourth-order valence-corrected chi connectivity index (χ4v) is 3.23. The molecule has 0 aromatic heterocycles. The van der Waals surface area contributed by atoms with E-state index in [1.165, 1.54) is 101 Å². The van der Waals surface area contributed by atoms with Crippen LogP contribution in [0, 0.1) is 5.92 Å². The molecule has 0 N–H and O–H groups in total. The smallest absolute Gasteiger partial charge is 0.0782 e. The molecule has 0 rings (SSSR count). The van der Waals surface area contributed by atoms with Crippen LogP contribution < -0.4 is 12.4 Å². The van der Waals surface area contributed by atoms with Crippen molar-refractivity contribution < 1.29 is 16.9 Å². The molecule has 0 fully saturated rings. The van der Waals surface area contributed by atoms with Gasteiger partial charge in [-0.05, 0) is 31.6 Å². The van der Waals surface area contributed by atoms with E-state index in [9.17, 15) is 0 Å². The largest absolute Gasteiger partial charge is 1.00 e. The molecule has 0 aromatic rings. The molecule has 0 aliphatic carbocycles. The van der Waals surface area contributed by atoms with Gasteiger partial charge in [-0.15, -0.1) is 0 Å². The Hall–Kier alpha value is 0.250. The van der Waals surface area contributed by atoms with E-state index < -0.39 is 0 Å². The molecule has 0 amide bonds. The normalized spacial score (nSPS) is 11.7. The van der Waals surface area contributed by atoms with Crippen molar-refractivity contribution in [1.29, 1.82) is 0 Å². The SMILES string of the molecule is CCCCCCCCC[N+](C)(C)CCCCCCCC(C)C.[Cl-]. The minimum absolute atomic E-state index is 0. The van der Waals surface area contributed by atoms with Crippen LogP contribution in [-0.4, -0.2) is 31.7 Å². The lowest BCUT2D eigenvalue weighted by molar-refractivity contribution is -0.890. The Kier molecular flexibility index (Phi) is 18.9. The minimum atomic E-state index is 0. The van der Waals surface area contributed by atoms with Gasteiger partial charge in [-0.1, -0.05) is 78.6 Å². The van der Waals surface area contributed by atoms with Gasteiger partial charge in [-0.3, -0.25) is 0 Å². The van der Waals surface area contributed by atoms with E-state index in [1.807, 2.05) is 0 Å². The van der Waals surface area contributed by atoms with Gasteiger partial charge in [-0.25, -0.2) is 0 Å². The van der Waals surface area contributed by atoms with Gasteiger partial charge in [0.2, 0.25) is 0 Å². The van der Waals surface area contributed by atoms with Crippen LogP contribution in [0.5, 0.6) is 0 Å². The number of hydrogen-bond acceptors (Lipinski definition) is 0. The molecular formula is C21H46ClN. The number of rotatable bonds is 16. The van der Waals surface area contributed by atoms with Gasteiger partial charge < -0.3 is 16.9 Å². The summed E-state index contributed by atoms with van der Waals surface area (Å²) in [7, 11) is 4.85. The van der Waals surface area contributed by atoms with Gasteiger partial charge in [0.05, 0.1) is 27.2 Å². The molecule has 0 atom stereocenters. The molecule has 0 aliphatic rings. The van der Waals surface area contributed by atoms with E-state index in [0.29, 0.717) is 0 Å². The van der Waals surface area contributed by atoms with Crippen molar-refractivity contribution in [2.75, 3.05) is 27.2 Å². The van der Waals surface area contributed by atoms with Crippen molar-refractivity contribution in [3.8, 4) is 0 Å². The van der Waals surface area contributed by atoms with Crippen molar-refractivity contribution >= 4 is 0 Å². The maximum absolute atomic E-state index is 2.43. The first kappa shape index (κ1) is 25.5. The van der Waals surface area contributed by atoms with Crippen molar-refractivity contribution in [3.05, 3.63) is 0 Å². The summed E-state index contributed by atoms with van der Waals surface area (Å²) in [5.74, 6) is 0.887. The average molecular weight is 348 g/mol. The monoisotopic (exact) mass is 347 g/mol. The quantitative estimate of drug-likeness (QED) is 0.294. The number of unbranched alkanes of at least 4 members (excludes halogenated alkanes) is 10. The highest BCUT2D eigenvalue weighted by Crippen LogP contribution is 2.13. The number of hydrogen-bond donors (Lipinski definition) is 0. The van der Waals surface area contributed by atoms with Crippen LogP contribution in [0.3, 0.4) is 0 Å². The lowest BCUT2D eigenvalue weighted by Crippen LogP contribution is -3.00. The Morgan fingerprint density at radius 2 is 1.00 bits per heavy atom. The lowest BCUT2D eigenvalue weighted by atomic mass is 10.0. The number of halogens is 1. The van der Waals surface area contributed by atoms with E-state index in [2.05, 4.69) is 34.9 Å². The van der Waals surface area contributed by atoms with Crippen LogP contribution in [-0.2, 0) is 0 Å². The molecule has 0 bridgehead atoms. The van der Waals surface area contributed by atoms with E-state index in [1.54, 1.807) is 0 Å².